The van der Waals surface area contributed by atoms with Crippen LogP contribution >= 0.6 is 0 Å². The van der Waals surface area contributed by atoms with E-state index < -0.39 is 5.82 Å². The molecule has 0 fully saturated rings. The number of hydrogen-bond acceptors (Lipinski definition) is 6. The number of H-pyrrole nitrogens is 1. The molecule has 0 saturated carbocycles. The van der Waals surface area contributed by atoms with E-state index in [9.17, 15) is 4.39 Å². The van der Waals surface area contributed by atoms with Gasteiger partial charge in [-0.05, 0) is 6.92 Å². The Morgan fingerprint density at radius 2 is 2.13 bits per heavy atom. The Balaban J connectivity index is 2.06. The van der Waals surface area contributed by atoms with Crippen LogP contribution in [0, 0.1) is 5.82 Å². The molecule has 2 aromatic heterocycles. The van der Waals surface area contributed by atoms with E-state index in [1.165, 1.54) is 0 Å². The zero-order valence-electron chi connectivity index (χ0n) is 7.85. The van der Waals surface area contributed by atoms with E-state index in [2.05, 4.69) is 35.9 Å². The summed E-state index contributed by atoms with van der Waals surface area (Å²) in [5.74, 6) is 0.324. The maximum absolute atomic E-state index is 12.5. The molecule has 0 spiro atoms. The summed E-state index contributed by atoms with van der Waals surface area (Å²) in [4.78, 5) is 7.49. The van der Waals surface area contributed by atoms with Gasteiger partial charge in [-0.1, -0.05) is 5.21 Å². The molecule has 0 aliphatic heterocycles. The molecule has 0 saturated heterocycles. The quantitative estimate of drug-likeness (QED) is 0.755. The third kappa shape index (κ3) is 2.22. The van der Waals surface area contributed by atoms with Gasteiger partial charge in [0.15, 0.2) is 11.6 Å². The number of halogens is 1. The maximum atomic E-state index is 12.5. The Labute approximate surface area is 84.1 Å². The van der Waals surface area contributed by atoms with Crippen molar-refractivity contribution < 1.29 is 4.39 Å². The Morgan fingerprint density at radius 1 is 1.40 bits per heavy atom. The van der Waals surface area contributed by atoms with Gasteiger partial charge in [0.2, 0.25) is 5.95 Å². The predicted octanol–water partition coefficient (Wildman–Crippen LogP) is 0.302. The Hall–Kier alpha value is -2.12. The molecule has 0 amide bonds. The van der Waals surface area contributed by atoms with Crippen molar-refractivity contribution in [2.45, 2.75) is 13.0 Å². The minimum atomic E-state index is -0.479. The molecule has 0 aromatic carbocycles. The van der Waals surface area contributed by atoms with E-state index in [-0.39, 0.29) is 6.04 Å². The standard InChI is InChI=1S/C7H8FN7/c1-4(6-12-14-15-13-6)11-7-9-2-5(8)3-10-7/h2-4H,1H3,(H,9,10,11)(H,12,13,14,15). The smallest absolute Gasteiger partial charge is 0.223 e. The van der Waals surface area contributed by atoms with Crippen molar-refractivity contribution in [3.8, 4) is 0 Å². The summed E-state index contributed by atoms with van der Waals surface area (Å²) in [5, 5.41) is 16.2. The fourth-order valence-corrected chi connectivity index (χ4v) is 0.998. The molecule has 78 valence electrons. The van der Waals surface area contributed by atoms with Gasteiger partial charge >= 0.3 is 0 Å². The molecule has 7 nitrogen and oxygen atoms in total. The van der Waals surface area contributed by atoms with E-state index in [4.69, 9.17) is 0 Å². The molecule has 15 heavy (non-hydrogen) atoms. The van der Waals surface area contributed by atoms with Gasteiger partial charge in [-0.3, -0.25) is 0 Å². The summed E-state index contributed by atoms with van der Waals surface area (Å²) in [6.45, 7) is 1.82. The monoisotopic (exact) mass is 209 g/mol. The molecule has 0 bridgehead atoms. The van der Waals surface area contributed by atoms with Gasteiger partial charge in [0.05, 0.1) is 18.4 Å². The highest BCUT2D eigenvalue weighted by Crippen LogP contribution is 2.10. The number of aromatic nitrogens is 6. The minimum absolute atomic E-state index is 0.200. The van der Waals surface area contributed by atoms with Crippen molar-refractivity contribution in [2.75, 3.05) is 5.32 Å². The fourth-order valence-electron chi connectivity index (χ4n) is 0.998. The zero-order valence-corrected chi connectivity index (χ0v) is 7.85. The summed E-state index contributed by atoms with van der Waals surface area (Å²) in [5.41, 5.74) is 0. The van der Waals surface area contributed by atoms with Gasteiger partial charge in [-0.15, -0.1) is 10.2 Å². The van der Waals surface area contributed by atoms with Crippen LogP contribution in [0.3, 0.4) is 0 Å². The number of nitrogens with zero attached hydrogens (tertiary/aromatic N) is 5. The molecular formula is C7H8FN7. The topological polar surface area (TPSA) is 92.3 Å². The highest BCUT2D eigenvalue weighted by molar-refractivity contribution is 5.25. The summed E-state index contributed by atoms with van der Waals surface area (Å²) < 4.78 is 12.5. The second-order valence-electron chi connectivity index (χ2n) is 2.86. The minimum Gasteiger partial charge on any atom is -0.344 e. The largest absolute Gasteiger partial charge is 0.344 e. The second-order valence-corrected chi connectivity index (χ2v) is 2.86. The van der Waals surface area contributed by atoms with E-state index in [1.807, 2.05) is 6.92 Å². The van der Waals surface area contributed by atoms with E-state index in [1.54, 1.807) is 0 Å². The first-order chi connectivity index (χ1) is 7.25. The molecule has 8 heteroatoms. The molecule has 2 rings (SSSR count). The van der Waals surface area contributed by atoms with Gasteiger partial charge < -0.3 is 5.32 Å². The summed E-state index contributed by atoms with van der Waals surface area (Å²) in [6.07, 6.45) is 2.16. The molecule has 0 radical (unpaired) electrons. The fraction of sp³-hybridized carbons (Fsp3) is 0.286. The van der Waals surface area contributed by atoms with Gasteiger partial charge in [0.1, 0.15) is 0 Å². The lowest BCUT2D eigenvalue weighted by atomic mass is 10.3. The first-order valence-electron chi connectivity index (χ1n) is 4.23. The van der Waals surface area contributed by atoms with E-state index in [0.717, 1.165) is 12.4 Å². The molecule has 2 aromatic rings. The first-order valence-corrected chi connectivity index (χ1v) is 4.23. The van der Waals surface area contributed by atoms with E-state index >= 15 is 0 Å². The predicted molar refractivity (Wildman–Crippen MR) is 48.2 cm³/mol. The van der Waals surface area contributed by atoms with Gasteiger partial charge in [0.25, 0.3) is 0 Å². The Kier molecular flexibility index (Phi) is 2.48. The summed E-state index contributed by atoms with van der Waals surface area (Å²) in [6, 6.07) is -0.200. The van der Waals surface area contributed by atoms with Gasteiger partial charge in [-0.2, -0.15) is 5.21 Å². The third-order valence-corrected chi connectivity index (χ3v) is 1.71. The average molecular weight is 209 g/mol. The summed E-state index contributed by atoms with van der Waals surface area (Å²) >= 11 is 0. The SMILES string of the molecule is CC(Nc1ncc(F)cn1)c1nn[nH]n1. The first kappa shape index (κ1) is 9.44. The number of tetrazole rings is 1. The van der Waals surface area contributed by atoms with Crippen LogP contribution in [-0.2, 0) is 0 Å². The average Bonchev–Trinajstić information content (AvgIpc) is 2.74. The van der Waals surface area contributed by atoms with Gasteiger partial charge in [-0.25, -0.2) is 14.4 Å². The third-order valence-electron chi connectivity index (χ3n) is 1.71. The molecule has 1 atom stereocenters. The molecule has 2 heterocycles. The normalized spacial score (nSPS) is 12.4. The lowest BCUT2D eigenvalue weighted by Crippen LogP contribution is -2.11. The Bertz CT molecular complexity index is 411. The molecule has 2 N–H and O–H groups in total. The summed E-state index contributed by atoms with van der Waals surface area (Å²) in [7, 11) is 0. The van der Waals surface area contributed by atoms with Crippen LogP contribution in [0.25, 0.3) is 0 Å². The second kappa shape index (κ2) is 3.95. The molecular weight excluding hydrogens is 201 g/mol. The van der Waals surface area contributed by atoms with Crippen LogP contribution in [0.15, 0.2) is 12.4 Å². The van der Waals surface area contributed by atoms with Crippen LogP contribution in [0.5, 0.6) is 0 Å². The Morgan fingerprint density at radius 3 is 2.73 bits per heavy atom. The van der Waals surface area contributed by atoms with Crippen LogP contribution < -0.4 is 5.32 Å². The number of hydrogen-bond donors (Lipinski definition) is 2. The molecule has 0 aliphatic carbocycles. The van der Waals surface area contributed by atoms with Crippen molar-refractivity contribution >= 4 is 5.95 Å². The number of rotatable bonds is 3. The highest BCUT2D eigenvalue weighted by Gasteiger charge is 2.10. The van der Waals surface area contributed by atoms with Crippen LogP contribution in [0.2, 0.25) is 0 Å². The van der Waals surface area contributed by atoms with Crippen LogP contribution in [0.1, 0.15) is 18.8 Å². The number of aromatic amines is 1. The van der Waals surface area contributed by atoms with E-state index in [0.29, 0.717) is 11.8 Å². The maximum Gasteiger partial charge on any atom is 0.223 e. The van der Waals surface area contributed by atoms with Crippen LogP contribution in [0.4, 0.5) is 10.3 Å². The molecule has 1 unspecified atom stereocenters. The lowest BCUT2D eigenvalue weighted by molar-refractivity contribution is 0.613. The van der Waals surface area contributed by atoms with Crippen LogP contribution in [-0.4, -0.2) is 30.6 Å². The zero-order chi connectivity index (χ0) is 10.7. The lowest BCUT2D eigenvalue weighted by Gasteiger charge is -2.08. The highest BCUT2D eigenvalue weighted by atomic mass is 19.1. The van der Waals surface area contributed by atoms with Crippen molar-refractivity contribution in [1.82, 2.24) is 30.6 Å². The van der Waals surface area contributed by atoms with Crippen molar-refractivity contribution in [1.29, 1.82) is 0 Å². The number of anilines is 1. The number of nitrogens with one attached hydrogen (secondary N) is 2. The van der Waals surface area contributed by atoms with Gasteiger partial charge in [0, 0.05) is 0 Å². The van der Waals surface area contributed by atoms with Crippen molar-refractivity contribution in [3.63, 3.8) is 0 Å². The van der Waals surface area contributed by atoms with Crippen molar-refractivity contribution in [2.24, 2.45) is 0 Å². The molecule has 0 aliphatic rings. The van der Waals surface area contributed by atoms with Crippen molar-refractivity contribution in [3.05, 3.63) is 24.0 Å².